The van der Waals surface area contributed by atoms with Crippen molar-refractivity contribution < 1.29 is 18.2 Å². The molecule has 2 aromatic rings. The maximum atomic E-state index is 13.1. The Balaban J connectivity index is 2.25. The predicted molar refractivity (Wildman–Crippen MR) is 48.6 cm³/mol. The van der Waals surface area contributed by atoms with E-state index in [1.54, 1.807) is 0 Å². The molecule has 0 aliphatic heterocycles. The van der Waals surface area contributed by atoms with Gasteiger partial charge in [0.15, 0.2) is 5.69 Å². The Labute approximate surface area is 88.0 Å². The third-order valence-electron chi connectivity index (χ3n) is 1.80. The largest absolute Gasteiger partial charge is 0.316 e. The Morgan fingerprint density at radius 1 is 1.31 bits per heavy atom. The molecule has 0 aliphatic carbocycles. The van der Waals surface area contributed by atoms with Crippen LogP contribution in [-0.2, 0) is 0 Å². The summed E-state index contributed by atoms with van der Waals surface area (Å²) in [6.07, 6.45) is 1.04. The van der Waals surface area contributed by atoms with Crippen LogP contribution in [0.5, 0.6) is 0 Å². The second kappa shape index (κ2) is 4.05. The average Bonchev–Trinajstić information content (AvgIpc) is 2.76. The van der Waals surface area contributed by atoms with Crippen LogP contribution in [0.1, 0.15) is 10.5 Å². The number of nitrogens with one attached hydrogen (secondary N) is 1. The molecule has 0 saturated carbocycles. The molecule has 1 N–H and O–H groups in total. The molecule has 0 saturated heterocycles. The topological polar surface area (TPSA) is 68.0 Å². The summed E-state index contributed by atoms with van der Waals surface area (Å²) in [5, 5.41) is 8.45. The number of amides is 1. The maximum Gasteiger partial charge on any atom is 0.279 e. The van der Waals surface area contributed by atoms with Gasteiger partial charge in [-0.05, 0) is 17.3 Å². The van der Waals surface area contributed by atoms with Gasteiger partial charge in [-0.2, -0.15) is 0 Å². The summed E-state index contributed by atoms with van der Waals surface area (Å²) >= 11 is 0. The third-order valence-corrected chi connectivity index (χ3v) is 1.80. The summed E-state index contributed by atoms with van der Waals surface area (Å²) in [6, 6.07) is 3.25. The number of halogens is 2. The van der Waals surface area contributed by atoms with Gasteiger partial charge in [0.2, 0.25) is 0 Å². The van der Waals surface area contributed by atoms with Gasteiger partial charge in [-0.3, -0.25) is 4.79 Å². The minimum Gasteiger partial charge on any atom is -0.316 e. The molecule has 82 valence electrons. The van der Waals surface area contributed by atoms with Crippen molar-refractivity contribution in [3.63, 3.8) is 0 Å². The van der Waals surface area contributed by atoms with Crippen LogP contribution >= 0.6 is 0 Å². The Morgan fingerprint density at radius 3 is 2.56 bits per heavy atom. The number of benzene rings is 1. The Hall–Kier alpha value is -2.31. The van der Waals surface area contributed by atoms with E-state index in [1.807, 2.05) is 5.32 Å². The maximum absolute atomic E-state index is 13.1. The van der Waals surface area contributed by atoms with Gasteiger partial charge >= 0.3 is 0 Å². The van der Waals surface area contributed by atoms with E-state index in [4.69, 9.17) is 0 Å². The Kier molecular flexibility index (Phi) is 2.59. The highest BCUT2D eigenvalue weighted by Gasteiger charge is 2.15. The molecule has 0 bridgehead atoms. The zero-order chi connectivity index (χ0) is 11.5. The molecule has 7 heteroatoms. The van der Waals surface area contributed by atoms with Gasteiger partial charge in [-0.25, -0.2) is 13.4 Å². The molecule has 1 aromatic heterocycles. The van der Waals surface area contributed by atoms with Crippen LogP contribution in [0.4, 0.5) is 14.5 Å². The van der Waals surface area contributed by atoms with Crippen molar-refractivity contribution in [1.82, 2.24) is 10.3 Å². The SMILES string of the molecule is O=C(Nc1c(F)cccc1F)c1cnon1. The van der Waals surface area contributed by atoms with E-state index in [-0.39, 0.29) is 5.69 Å². The molecular weight excluding hydrogens is 220 g/mol. The lowest BCUT2D eigenvalue weighted by atomic mass is 10.3. The summed E-state index contributed by atoms with van der Waals surface area (Å²) < 4.78 is 30.5. The Bertz CT molecular complexity index is 493. The monoisotopic (exact) mass is 225 g/mol. The van der Waals surface area contributed by atoms with Crippen molar-refractivity contribution in [1.29, 1.82) is 0 Å². The number of carbonyl (C=O) groups is 1. The number of rotatable bonds is 2. The molecule has 0 fully saturated rings. The molecule has 0 radical (unpaired) electrons. The normalized spacial score (nSPS) is 10.1. The molecule has 0 unspecified atom stereocenters. The van der Waals surface area contributed by atoms with E-state index in [2.05, 4.69) is 14.9 Å². The van der Waals surface area contributed by atoms with Crippen molar-refractivity contribution in [2.24, 2.45) is 0 Å². The fourth-order valence-corrected chi connectivity index (χ4v) is 1.06. The van der Waals surface area contributed by atoms with Gasteiger partial charge in [-0.1, -0.05) is 11.2 Å². The van der Waals surface area contributed by atoms with Crippen molar-refractivity contribution in [2.45, 2.75) is 0 Å². The first kappa shape index (κ1) is 10.2. The van der Waals surface area contributed by atoms with Crippen molar-refractivity contribution >= 4 is 11.6 Å². The molecule has 1 heterocycles. The smallest absolute Gasteiger partial charge is 0.279 e. The molecule has 0 atom stereocenters. The Morgan fingerprint density at radius 2 is 2.00 bits per heavy atom. The molecule has 5 nitrogen and oxygen atoms in total. The number of para-hydroxylation sites is 1. The first-order valence-corrected chi connectivity index (χ1v) is 4.21. The summed E-state index contributed by atoms with van der Waals surface area (Å²) in [5.41, 5.74) is -0.696. The van der Waals surface area contributed by atoms with Gasteiger partial charge in [0, 0.05) is 0 Å². The zero-order valence-electron chi connectivity index (χ0n) is 7.78. The van der Waals surface area contributed by atoms with Gasteiger partial charge in [0.25, 0.3) is 5.91 Å². The van der Waals surface area contributed by atoms with Crippen molar-refractivity contribution in [3.05, 3.63) is 41.7 Å². The van der Waals surface area contributed by atoms with E-state index in [9.17, 15) is 13.6 Å². The van der Waals surface area contributed by atoms with Crippen LogP contribution in [-0.4, -0.2) is 16.2 Å². The number of carbonyl (C=O) groups excluding carboxylic acids is 1. The highest BCUT2D eigenvalue weighted by atomic mass is 19.1. The standard InChI is InChI=1S/C9H5F2N3O2/c10-5-2-1-3-6(11)8(5)13-9(15)7-4-12-16-14-7/h1-4H,(H,13,15). The first-order valence-electron chi connectivity index (χ1n) is 4.21. The molecule has 16 heavy (non-hydrogen) atoms. The van der Waals surface area contributed by atoms with Gasteiger partial charge in [0.05, 0.1) is 0 Å². The second-order valence-electron chi connectivity index (χ2n) is 2.84. The highest BCUT2D eigenvalue weighted by Crippen LogP contribution is 2.18. The quantitative estimate of drug-likeness (QED) is 0.842. The number of nitrogens with zero attached hydrogens (tertiary/aromatic N) is 2. The number of anilines is 1. The fraction of sp³-hybridized carbons (Fsp3) is 0. The zero-order valence-corrected chi connectivity index (χ0v) is 7.78. The van der Waals surface area contributed by atoms with Gasteiger partial charge < -0.3 is 5.32 Å². The molecule has 2 rings (SSSR count). The third kappa shape index (κ3) is 1.88. The van der Waals surface area contributed by atoms with Crippen LogP contribution in [0, 0.1) is 11.6 Å². The summed E-state index contributed by atoms with van der Waals surface area (Å²) in [4.78, 5) is 11.4. The van der Waals surface area contributed by atoms with Crippen LogP contribution < -0.4 is 5.32 Å². The van der Waals surface area contributed by atoms with Crippen LogP contribution in [0.2, 0.25) is 0 Å². The lowest BCUT2D eigenvalue weighted by Crippen LogP contribution is -2.14. The van der Waals surface area contributed by atoms with E-state index in [0.717, 1.165) is 18.3 Å². The highest BCUT2D eigenvalue weighted by molar-refractivity contribution is 6.02. The van der Waals surface area contributed by atoms with Crippen LogP contribution in [0.15, 0.2) is 29.0 Å². The van der Waals surface area contributed by atoms with E-state index in [0.29, 0.717) is 0 Å². The number of hydrogen-bond acceptors (Lipinski definition) is 4. The minimum absolute atomic E-state index is 0.164. The van der Waals surface area contributed by atoms with Crippen LogP contribution in [0.3, 0.4) is 0 Å². The molecular formula is C9H5F2N3O2. The molecule has 0 aliphatic rings. The van der Waals surface area contributed by atoms with Gasteiger partial charge in [-0.15, -0.1) is 0 Å². The summed E-state index contributed by atoms with van der Waals surface area (Å²) in [7, 11) is 0. The van der Waals surface area contributed by atoms with E-state index >= 15 is 0 Å². The fourth-order valence-electron chi connectivity index (χ4n) is 1.06. The lowest BCUT2D eigenvalue weighted by Gasteiger charge is -2.04. The average molecular weight is 225 g/mol. The van der Waals surface area contributed by atoms with E-state index < -0.39 is 23.2 Å². The molecule has 1 amide bonds. The molecule has 1 aromatic carbocycles. The van der Waals surface area contributed by atoms with Gasteiger partial charge in [0.1, 0.15) is 23.5 Å². The summed E-state index contributed by atoms with van der Waals surface area (Å²) in [6.45, 7) is 0. The second-order valence-corrected chi connectivity index (χ2v) is 2.84. The lowest BCUT2D eigenvalue weighted by molar-refractivity contribution is 0.101. The predicted octanol–water partition coefficient (Wildman–Crippen LogP) is 1.60. The number of hydrogen-bond donors (Lipinski definition) is 1. The molecule has 0 spiro atoms. The summed E-state index contributed by atoms with van der Waals surface area (Å²) in [5.74, 6) is -2.54. The van der Waals surface area contributed by atoms with Crippen molar-refractivity contribution in [2.75, 3.05) is 5.32 Å². The minimum atomic E-state index is -0.871. The van der Waals surface area contributed by atoms with Crippen molar-refractivity contribution in [3.8, 4) is 0 Å². The van der Waals surface area contributed by atoms with Crippen LogP contribution in [0.25, 0.3) is 0 Å². The number of aromatic nitrogens is 2. The first-order chi connectivity index (χ1) is 7.68. The van der Waals surface area contributed by atoms with E-state index in [1.165, 1.54) is 6.07 Å².